The Morgan fingerprint density at radius 3 is 0.990 bits per heavy atom. The second-order valence-electron chi connectivity index (χ2n) is 22.4. The van der Waals surface area contributed by atoms with Crippen LogP contribution in [0.5, 0.6) is 11.5 Å². The normalized spacial score (nSPS) is 10.7. The number of methoxy groups -OCH3 is 1. The van der Waals surface area contributed by atoms with Crippen LogP contribution < -0.4 is 9.47 Å². The molecule has 0 amide bonds. The number of aryl methyl sites for hydroxylation is 8. The molecule has 0 bridgehead atoms. The van der Waals surface area contributed by atoms with Crippen LogP contribution in [0.1, 0.15) is 62.8 Å². The second-order valence-corrected chi connectivity index (χ2v) is 23.3. The van der Waals surface area contributed by atoms with E-state index in [9.17, 15) is 26.3 Å². The van der Waals surface area contributed by atoms with Crippen LogP contribution in [0, 0.1) is 55.4 Å². The number of benzene rings is 7. The number of furan rings is 7. The predicted molar refractivity (Wildman–Crippen MR) is 379 cm³/mol. The van der Waals surface area contributed by atoms with Gasteiger partial charge in [0.15, 0.2) is 0 Å². The van der Waals surface area contributed by atoms with Crippen LogP contribution in [0.2, 0.25) is 10.0 Å². The Morgan fingerprint density at radius 2 is 0.657 bits per heavy atom. The SMILES string of the molecule is COc1ccc(-c2ccc(C)o2)cc1.Cc1ccc(-c2ccc(C(F)(F)F)cc2)o1.Cc1ccc(-c2ccc(C)o2)cc1.Cc1ccc(-c2ccc(Cl)cc2)o1.Cc1ccc(-c2ccc(OC(F)(F)F)cc2)o1.Cc1ccc(-c2cccc(Cl)c2)o1.Cc1ccc(Cc2ccccc2)o1. The van der Waals surface area contributed by atoms with E-state index < -0.39 is 18.1 Å². The molecule has 7 aromatic carbocycles. The summed E-state index contributed by atoms with van der Waals surface area (Å²) in [7, 11) is 1.66. The Kier molecular flexibility index (Phi) is 26.5. The Balaban J connectivity index is 0.000000147. The van der Waals surface area contributed by atoms with E-state index in [1.54, 1.807) is 45.2 Å². The zero-order chi connectivity index (χ0) is 71.1. The summed E-state index contributed by atoms with van der Waals surface area (Å²) in [5.74, 6) is 12.6. The van der Waals surface area contributed by atoms with Gasteiger partial charge in [0.25, 0.3) is 0 Å². The van der Waals surface area contributed by atoms with E-state index >= 15 is 0 Å². The lowest BCUT2D eigenvalue weighted by Gasteiger charge is -2.08. The zero-order valence-electron chi connectivity index (χ0n) is 55.7. The van der Waals surface area contributed by atoms with E-state index in [0.717, 1.165) is 126 Å². The van der Waals surface area contributed by atoms with E-state index in [0.29, 0.717) is 22.6 Å². The molecule has 0 saturated carbocycles. The fraction of sp³-hybridized carbons (Fsp3) is 0.146. The molecular formula is C82H72Cl2F6O9. The van der Waals surface area contributed by atoms with Gasteiger partial charge >= 0.3 is 12.5 Å². The lowest BCUT2D eigenvalue weighted by atomic mass is 10.1. The first-order chi connectivity index (χ1) is 47.3. The van der Waals surface area contributed by atoms with Crippen LogP contribution in [0.3, 0.4) is 0 Å². The topological polar surface area (TPSA) is 110 Å². The molecule has 99 heavy (non-hydrogen) atoms. The molecule has 0 spiro atoms. The maximum absolute atomic E-state index is 12.3. The van der Waals surface area contributed by atoms with Gasteiger partial charge in [-0.2, -0.15) is 13.2 Å². The average molecular weight is 1390 g/mol. The fourth-order valence-corrected chi connectivity index (χ4v) is 9.60. The van der Waals surface area contributed by atoms with Gasteiger partial charge in [-0.1, -0.05) is 108 Å². The van der Waals surface area contributed by atoms with Gasteiger partial charge in [-0.25, -0.2) is 0 Å². The van der Waals surface area contributed by atoms with Crippen molar-refractivity contribution < 1.29 is 66.7 Å². The van der Waals surface area contributed by atoms with Crippen LogP contribution in [-0.4, -0.2) is 13.5 Å². The molecule has 510 valence electrons. The highest BCUT2D eigenvalue weighted by atomic mass is 35.5. The van der Waals surface area contributed by atoms with Crippen molar-refractivity contribution >= 4 is 23.2 Å². The van der Waals surface area contributed by atoms with Crippen LogP contribution in [0.4, 0.5) is 26.3 Å². The number of ether oxygens (including phenoxy) is 2. The van der Waals surface area contributed by atoms with Crippen molar-refractivity contribution in [2.45, 2.75) is 74.3 Å². The van der Waals surface area contributed by atoms with Crippen molar-refractivity contribution in [1.29, 1.82) is 0 Å². The van der Waals surface area contributed by atoms with E-state index in [1.807, 2.05) is 186 Å². The Hall–Kier alpha value is -10.7. The molecule has 0 aliphatic heterocycles. The van der Waals surface area contributed by atoms with E-state index in [-0.39, 0.29) is 5.75 Å². The van der Waals surface area contributed by atoms with Crippen molar-refractivity contribution in [2.75, 3.05) is 7.11 Å². The number of hydrogen-bond donors (Lipinski definition) is 0. The molecule has 0 atom stereocenters. The molecule has 7 heterocycles. The van der Waals surface area contributed by atoms with Gasteiger partial charge in [-0.3, -0.25) is 0 Å². The summed E-state index contributed by atoms with van der Waals surface area (Å²) in [5, 5.41) is 1.47. The molecule has 0 aliphatic carbocycles. The molecule has 14 aromatic rings. The predicted octanol–water partition coefficient (Wildman–Crippen LogP) is 26.3. The summed E-state index contributed by atoms with van der Waals surface area (Å²) >= 11 is 11.6. The van der Waals surface area contributed by atoms with E-state index in [4.69, 9.17) is 58.9 Å². The fourth-order valence-electron chi connectivity index (χ4n) is 9.29. The highest BCUT2D eigenvalue weighted by molar-refractivity contribution is 6.31. The summed E-state index contributed by atoms with van der Waals surface area (Å²) in [6, 6.07) is 78.9. The molecule has 14 rings (SSSR count). The molecule has 9 nitrogen and oxygen atoms in total. The van der Waals surface area contributed by atoms with Crippen LogP contribution >= 0.6 is 23.2 Å². The van der Waals surface area contributed by atoms with E-state index in [1.165, 1.54) is 47.5 Å². The first-order valence-corrected chi connectivity index (χ1v) is 31.8. The Labute approximate surface area is 581 Å². The summed E-state index contributed by atoms with van der Waals surface area (Å²) in [6.45, 7) is 15.4. The molecule has 17 heteroatoms. The maximum Gasteiger partial charge on any atom is 0.573 e. The first kappa shape index (κ1) is 74.1. The van der Waals surface area contributed by atoms with Crippen molar-refractivity contribution in [1.82, 2.24) is 0 Å². The summed E-state index contributed by atoms with van der Waals surface area (Å²) in [4.78, 5) is 0. The largest absolute Gasteiger partial charge is 0.573 e. The highest BCUT2D eigenvalue weighted by Gasteiger charge is 2.31. The molecule has 0 saturated heterocycles. The molecule has 0 fully saturated rings. The second kappa shape index (κ2) is 35.5. The van der Waals surface area contributed by atoms with Crippen molar-refractivity contribution in [3.05, 3.63) is 334 Å². The van der Waals surface area contributed by atoms with Gasteiger partial charge in [-0.15, -0.1) is 13.2 Å². The van der Waals surface area contributed by atoms with Gasteiger partial charge in [0, 0.05) is 49.8 Å². The quantitative estimate of drug-likeness (QED) is 0.124. The lowest BCUT2D eigenvalue weighted by molar-refractivity contribution is -0.274. The number of hydrogen-bond acceptors (Lipinski definition) is 9. The molecule has 0 radical (unpaired) electrons. The van der Waals surface area contributed by atoms with Crippen molar-refractivity contribution in [2.24, 2.45) is 0 Å². The lowest BCUT2D eigenvalue weighted by Crippen LogP contribution is -2.16. The van der Waals surface area contributed by atoms with Gasteiger partial charge in [0.1, 0.15) is 92.1 Å². The summed E-state index contributed by atoms with van der Waals surface area (Å²) < 4.78 is 120. The van der Waals surface area contributed by atoms with Gasteiger partial charge in [-0.05, 0) is 243 Å². The maximum atomic E-state index is 12.3. The molecule has 0 aliphatic rings. The first-order valence-electron chi connectivity index (χ1n) is 31.1. The minimum Gasteiger partial charge on any atom is -0.497 e. The van der Waals surface area contributed by atoms with Crippen LogP contribution in [0.25, 0.3) is 67.9 Å². The minimum absolute atomic E-state index is 0.246. The van der Waals surface area contributed by atoms with E-state index in [2.05, 4.69) is 48.1 Å². The van der Waals surface area contributed by atoms with Gasteiger partial charge in [0.05, 0.1) is 12.7 Å². The highest BCUT2D eigenvalue weighted by Crippen LogP contribution is 2.33. The monoisotopic (exact) mass is 1380 g/mol. The van der Waals surface area contributed by atoms with Gasteiger partial charge < -0.3 is 40.4 Å². The van der Waals surface area contributed by atoms with Crippen LogP contribution in [0.15, 0.2) is 292 Å². The number of rotatable bonds is 10. The zero-order valence-corrected chi connectivity index (χ0v) is 57.2. The van der Waals surface area contributed by atoms with Crippen molar-refractivity contribution in [3.63, 3.8) is 0 Å². The number of alkyl halides is 6. The number of halogens is 8. The standard InChI is InChI=1S/C12H9F3O2.C12H9F3O.C12H12O2.2C12H12O.2C11H9ClO/c1-8-2-7-11(16-8)9-3-5-10(6-4-9)17-12(13,14)15;1-8-2-7-11(16-8)9-3-5-10(6-4-9)12(13,14)15;1-9-3-8-12(14-9)10-4-6-11(13-2)7-5-10;1-9-3-6-11(7-4-9)12-8-5-10(2)13-12;1-10-7-8-12(13-10)9-11-5-3-2-4-6-11;1-8-2-7-11(13-8)9-3-5-10(12)6-4-9;1-8-5-6-11(13-8)9-3-2-4-10(12)7-9/h2-7H,1H3;2-7H,1H3;3-8H,1-2H3;3-8H,1-2H3;2-8H,9H2,1H3;2*2-7H,1H3. The minimum atomic E-state index is -4.66. The van der Waals surface area contributed by atoms with Crippen LogP contribution in [-0.2, 0) is 12.6 Å². The molecule has 0 unspecified atom stereocenters. The molecule has 7 aromatic heterocycles. The molecular weight excluding hydrogens is 1310 g/mol. The molecule has 0 N–H and O–H groups in total. The Bertz CT molecular complexity index is 4580. The smallest absolute Gasteiger partial charge is 0.497 e. The summed E-state index contributed by atoms with van der Waals surface area (Å²) in [5.41, 5.74) is 7.52. The Morgan fingerprint density at radius 1 is 0.313 bits per heavy atom. The van der Waals surface area contributed by atoms with Crippen molar-refractivity contribution in [3.8, 4) is 79.4 Å². The average Bonchev–Trinajstić information content (AvgIpc) is 1.85. The third kappa shape index (κ3) is 24.4. The van der Waals surface area contributed by atoms with Gasteiger partial charge in [0.2, 0.25) is 0 Å². The third-order valence-electron chi connectivity index (χ3n) is 14.3. The third-order valence-corrected chi connectivity index (χ3v) is 14.8. The summed E-state index contributed by atoms with van der Waals surface area (Å²) in [6.07, 6.45) is -8.07.